The van der Waals surface area contributed by atoms with Crippen LogP contribution in [0.1, 0.15) is 17.5 Å². The van der Waals surface area contributed by atoms with Gasteiger partial charge < -0.3 is 10.1 Å². The lowest BCUT2D eigenvalue weighted by molar-refractivity contribution is 0.184. The molecule has 0 spiro atoms. The molecule has 3 heteroatoms. The molecule has 0 bridgehead atoms. The molecule has 0 saturated carbocycles. The van der Waals surface area contributed by atoms with Gasteiger partial charge in [-0.25, -0.2) is 0 Å². The van der Waals surface area contributed by atoms with E-state index in [4.69, 9.17) is 16.3 Å². The molecule has 1 rings (SSSR count). The van der Waals surface area contributed by atoms with Gasteiger partial charge in [-0.05, 0) is 44.0 Å². The molecule has 0 aromatic heterocycles. The van der Waals surface area contributed by atoms with E-state index in [0.717, 1.165) is 24.5 Å². The van der Waals surface area contributed by atoms with Gasteiger partial charge in [-0.3, -0.25) is 0 Å². The SMILES string of the molecule is CNC(CCOC)Cc1ccc(C)cc1Cl. The molecule has 0 aliphatic heterocycles. The van der Waals surface area contributed by atoms with Crippen molar-refractivity contribution in [2.24, 2.45) is 0 Å². The van der Waals surface area contributed by atoms with E-state index in [-0.39, 0.29) is 0 Å². The van der Waals surface area contributed by atoms with Gasteiger partial charge in [0.1, 0.15) is 0 Å². The van der Waals surface area contributed by atoms with Crippen molar-refractivity contribution >= 4 is 11.6 Å². The standard InChI is InChI=1S/C13H20ClNO/c1-10-4-5-11(13(14)8-10)9-12(15-2)6-7-16-3/h4-5,8,12,15H,6-7,9H2,1-3H3. The van der Waals surface area contributed by atoms with Gasteiger partial charge in [-0.1, -0.05) is 23.7 Å². The Morgan fingerprint density at radius 2 is 2.19 bits per heavy atom. The summed E-state index contributed by atoms with van der Waals surface area (Å²) >= 11 is 6.21. The zero-order valence-corrected chi connectivity index (χ0v) is 11.0. The maximum Gasteiger partial charge on any atom is 0.0477 e. The summed E-state index contributed by atoms with van der Waals surface area (Å²) in [6.45, 7) is 2.82. The van der Waals surface area contributed by atoms with Crippen molar-refractivity contribution < 1.29 is 4.74 Å². The largest absolute Gasteiger partial charge is 0.385 e. The molecule has 1 atom stereocenters. The predicted molar refractivity (Wildman–Crippen MR) is 69.2 cm³/mol. The molecule has 1 aromatic carbocycles. The van der Waals surface area contributed by atoms with Crippen LogP contribution in [-0.4, -0.2) is 26.8 Å². The number of nitrogens with one attached hydrogen (secondary N) is 1. The molecule has 0 aliphatic rings. The number of hydrogen-bond acceptors (Lipinski definition) is 2. The Bertz CT molecular complexity index is 328. The summed E-state index contributed by atoms with van der Waals surface area (Å²) < 4.78 is 5.09. The van der Waals surface area contributed by atoms with Crippen molar-refractivity contribution in [3.05, 3.63) is 34.3 Å². The fourth-order valence-corrected chi connectivity index (χ4v) is 2.00. The Morgan fingerprint density at radius 3 is 2.75 bits per heavy atom. The maximum atomic E-state index is 6.21. The van der Waals surface area contributed by atoms with E-state index in [1.54, 1.807) is 7.11 Å². The maximum absolute atomic E-state index is 6.21. The zero-order valence-electron chi connectivity index (χ0n) is 10.2. The molecule has 0 amide bonds. The van der Waals surface area contributed by atoms with E-state index in [0.29, 0.717) is 6.04 Å². The predicted octanol–water partition coefficient (Wildman–Crippen LogP) is 2.82. The first kappa shape index (κ1) is 13.5. The minimum Gasteiger partial charge on any atom is -0.385 e. The van der Waals surface area contributed by atoms with Crippen LogP contribution in [0.4, 0.5) is 0 Å². The van der Waals surface area contributed by atoms with Gasteiger partial charge in [-0.15, -0.1) is 0 Å². The highest BCUT2D eigenvalue weighted by molar-refractivity contribution is 6.31. The molecule has 0 fully saturated rings. The highest BCUT2D eigenvalue weighted by atomic mass is 35.5. The highest BCUT2D eigenvalue weighted by Gasteiger charge is 2.09. The minimum absolute atomic E-state index is 0.417. The molecule has 0 saturated heterocycles. The van der Waals surface area contributed by atoms with Crippen LogP contribution >= 0.6 is 11.6 Å². The van der Waals surface area contributed by atoms with Gasteiger partial charge in [0, 0.05) is 24.8 Å². The normalized spacial score (nSPS) is 12.8. The van der Waals surface area contributed by atoms with Gasteiger partial charge in [0.2, 0.25) is 0 Å². The van der Waals surface area contributed by atoms with Crippen LogP contribution in [0.2, 0.25) is 5.02 Å². The number of hydrogen-bond donors (Lipinski definition) is 1. The first-order chi connectivity index (χ1) is 7.67. The average Bonchev–Trinajstić information content (AvgIpc) is 2.27. The van der Waals surface area contributed by atoms with Crippen molar-refractivity contribution in [3.8, 4) is 0 Å². The third kappa shape index (κ3) is 4.12. The van der Waals surface area contributed by atoms with E-state index in [9.17, 15) is 0 Å². The number of halogens is 1. The fraction of sp³-hybridized carbons (Fsp3) is 0.538. The van der Waals surface area contributed by atoms with Gasteiger partial charge in [0.15, 0.2) is 0 Å². The van der Waals surface area contributed by atoms with Crippen molar-refractivity contribution in [3.63, 3.8) is 0 Å². The molecule has 1 N–H and O–H groups in total. The Morgan fingerprint density at radius 1 is 1.44 bits per heavy atom. The van der Waals surface area contributed by atoms with Crippen LogP contribution in [-0.2, 0) is 11.2 Å². The monoisotopic (exact) mass is 241 g/mol. The van der Waals surface area contributed by atoms with Crippen LogP contribution in [0.3, 0.4) is 0 Å². The second-order valence-corrected chi connectivity index (χ2v) is 4.47. The lowest BCUT2D eigenvalue weighted by Crippen LogP contribution is -2.29. The molecular weight excluding hydrogens is 222 g/mol. The van der Waals surface area contributed by atoms with E-state index in [1.807, 2.05) is 13.1 Å². The molecule has 90 valence electrons. The Balaban J connectivity index is 2.62. The molecule has 1 unspecified atom stereocenters. The zero-order chi connectivity index (χ0) is 12.0. The molecule has 0 aliphatic carbocycles. The van der Waals surface area contributed by atoms with Crippen molar-refractivity contribution in [1.82, 2.24) is 5.32 Å². The molecular formula is C13H20ClNO. The number of methoxy groups -OCH3 is 1. The summed E-state index contributed by atoms with van der Waals surface area (Å²) in [5, 5.41) is 4.15. The van der Waals surface area contributed by atoms with Crippen LogP contribution < -0.4 is 5.32 Å². The summed E-state index contributed by atoms with van der Waals surface area (Å²) in [6, 6.07) is 6.64. The Hall–Kier alpha value is -0.570. The second kappa shape index (κ2) is 6.89. The van der Waals surface area contributed by atoms with Crippen LogP contribution in [0.15, 0.2) is 18.2 Å². The second-order valence-electron chi connectivity index (χ2n) is 4.07. The highest BCUT2D eigenvalue weighted by Crippen LogP contribution is 2.19. The van der Waals surface area contributed by atoms with E-state index < -0.39 is 0 Å². The topological polar surface area (TPSA) is 21.3 Å². The molecule has 0 radical (unpaired) electrons. The summed E-state index contributed by atoms with van der Waals surface area (Å²) in [6.07, 6.45) is 1.94. The van der Waals surface area contributed by atoms with Gasteiger partial charge in [0.05, 0.1) is 0 Å². The number of rotatable bonds is 6. The van der Waals surface area contributed by atoms with E-state index >= 15 is 0 Å². The van der Waals surface area contributed by atoms with Crippen molar-refractivity contribution in [2.75, 3.05) is 20.8 Å². The lowest BCUT2D eigenvalue weighted by Gasteiger charge is -2.16. The quantitative estimate of drug-likeness (QED) is 0.827. The third-order valence-electron chi connectivity index (χ3n) is 2.75. The molecule has 2 nitrogen and oxygen atoms in total. The molecule has 0 heterocycles. The Labute approximate surface area is 103 Å². The summed E-state index contributed by atoms with van der Waals surface area (Å²) in [5.74, 6) is 0. The minimum atomic E-state index is 0.417. The van der Waals surface area contributed by atoms with Crippen LogP contribution in [0, 0.1) is 6.92 Å². The number of benzene rings is 1. The molecule has 1 aromatic rings. The lowest BCUT2D eigenvalue weighted by atomic mass is 10.0. The average molecular weight is 242 g/mol. The summed E-state index contributed by atoms with van der Waals surface area (Å²) in [5.41, 5.74) is 2.40. The van der Waals surface area contributed by atoms with Crippen molar-refractivity contribution in [2.45, 2.75) is 25.8 Å². The number of aryl methyl sites for hydroxylation is 1. The Kier molecular flexibility index (Phi) is 5.81. The summed E-state index contributed by atoms with van der Waals surface area (Å²) in [4.78, 5) is 0. The third-order valence-corrected chi connectivity index (χ3v) is 3.11. The summed E-state index contributed by atoms with van der Waals surface area (Å²) in [7, 11) is 3.70. The smallest absolute Gasteiger partial charge is 0.0477 e. The number of ether oxygens (including phenoxy) is 1. The van der Waals surface area contributed by atoms with E-state index in [2.05, 4.69) is 24.4 Å². The van der Waals surface area contributed by atoms with Crippen LogP contribution in [0.25, 0.3) is 0 Å². The first-order valence-electron chi connectivity index (χ1n) is 5.58. The van der Waals surface area contributed by atoms with Gasteiger partial charge in [0.25, 0.3) is 0 Å². The van der Waals surface area contributed by atoms with Crippen molar-refractivity contribution in [1.29, 1.82) is 0 Å². The van der Waals surface area contributed by atoms with E-state index in [1.165, 1.54) is 11.1 Å². The number of likely N-dealkylation sites (N-methyl/N-ethyl adjacent to an activating group) is 1. The first-order valence-corrected chi connectivity index (χ1v) is 5.96. The van der Waals surface area contributed by atoms with Crippen LogP contribution in [0.5, 0.6) is 0 Å². The molecule has 16 heavy (non-hydrogen) atoms. The van der Waals surface area contributed by atoms with Gasteiger partial charge >= 0.3 is 0 Å². The van der Waals surface area contributed by atoms with Gasteiger partial charge in [-0.2, -0.15) is 0 Å². The fourth-order valence-electron chi connectivity index (χ4n) is 1.69.